The third-order valence-electron chi connectivity index (χ3n) is 6.08. The lowest BCUT2D eigenvalue weighted by atomic mass is 10.1. The lowest BCUT2D eigenvalue weighted by Crippen LogP contribution is -2.46. The number of anilines is 3. The number of likely N-dealkylation sites (N-methyl/N-ethyl adjacent to an activating group) is 1. The average molecular weight is 498 g/mol. The van der Waals surface area contributed by atoms with Gasteiger partial charge in [-0.1, -0.05) is 13.0 Å². The van der Waals surface area contributed by atoms with Crippen LogP contribution in [0.25, 0.3) is 22.2 Å². The molecule has 4 aromatic rings. The fourth-order valence-electron chi connectivity index (χ4n) is 4.14. The van der Waals surface area contributed by atoms with E-state index >= 15 is 0 Å². The number of aromatic nitrogens is 4. The van der Waals surface area contributed by atoms with Crippen molar-refractivity contribution in [1.29, 1.82) is 0 Å². The maximum atomic E-state index is 14.7. The van der Waals surface area contributed by atoms with Gasteiger partial charge in [0.05, 0.1) is 18.1 Å². The van der Waals surface area contributed by atoms with E-state index in [0.717, 1.165) is 44.6 Å². The molecule has 7 nitrogen and oxygen atoms in total. The average Bonchev–Trinajstić information content (AvgIpc) is 2.86. The lowest BCUT2D eigenvalue weighted by molar-refractivity contribution is 0.271. The molecule has 182 valence electrons. The van der Waals surface area contributed by atoms with Crippen LogP contribution < -0.4 is 10.2 Å². The predicted octanol–water partition coefficient (Wildman–Crippen LogP) is 4.98. The zero-order valence-corrected chi connectivity index (χ0v) is 20.3. The van der Waals surface area contributed by atoms with Gasteiger partial charge in [-0.2, -0.15) is 0 Å². The molecule has 0 spiro atoms. The lowest BCUT2D eigenvalue weighted by Gasteiger charge is -2.35. The van der Waals surface area contributed by atoms with E-state index in [1.807, 2.05) is 18.3 Å². The summed E-state index contributed by atoms with van der Waals surface area (Å²) in [5, 5.41) is 3.59. The molecule has 0 radical (unpaired) electrons. The van der Waals surface area contributed by atoms with E-state index in [4.69, 9.17) is 0 Å². The van der Waals surface area contributed by atoms with Crippen molar-refractivity contribution in [2.45, 2.75) is 13.8 Å². The summed E-state index contributed by atoms with van der Waals surface area (Å²) in [5.74, 6) is -0.451. The molecule has 1 fully saturated rings. The highest BCUT2D eigenvalue weighted by molar-refractivity contribution is 5.85. The SMILES string of the molecule is CCN1CCN(c2ccc(Nc3ncc(F)c(-c4cc(F)c5nc(C)ccc5c4)n3)nc2)CC1.Cl. The Morgan fingerprint density at radius 3 is 2.43 bits per heavy atom. The zero-order chi connectivity index (χ0) is 23.7. The minimum atomic E-state index is -0.640. The quantitative estimate of drug-likeness (QED) is 0.417. The fourth-order valence-corrected chi connectivity index (χ4v) is 4.14. The van der Waals surface area contributed by atoms with Gasteiger partial charge in [0.1, 0.15) is 22.8 Å². The summed E-state index contributed by atoms with van der Waals surface area (Å²) >= 11 is 0. The molecular formula is C25H26ClF2N7. The van der Waals surface area contributed by atoms with Gasteiger partial charge in [0.15, 0.2) is 5.82 Å². The second kappa shape index (κ2) is 10.5. The third kappa shape index (κ3) is 5.31. The monoisotopic (exact) mass is 497 g/mol. The molecule has 0 amide bonds. The zero-order valence-electron chi connectivity index (χ0n) is 19.5. The maximum absolute atomic E-state index is 14.7. The molecule has 1 aliphatic heterocycles. The number of benzene rings is 1. The number of hydrogen-bond donors (Lipinski definition) is 1. The first-order chi connectivity index (χ1) is 16.5. The highest BCUT2D eigenvalue weighted by Crippen LogP contribution is 2.28. The molecule has 1 saturated heterocycles. The molecule has 0 bridgehead atoms. The van der Waals surface area contributed by atoms with Gasteiger partial charge in [0.25, 0.3) is 0 Å². The topological polar surface area (TPSA) is 70.1 Å². The van der Waals surface area contributed by atoms with Gasteiger partial charge < -0.3 is 15.1 Å². The Morgan fingerprint density at radius 1 is 0.914 bits per heavy atom. The van der Waals surface area contributed by atoms with E-state index in [1.165, 1.54) is 6.07 Å². The van der Waals surface area contributed by atoms with E-state index in [0.29, 0.717) is 22.5 Å². The fraction of sp³-hybridized carbons (Fsp3) is 0.280. The van der Waals surface area contributed by atoms with Crippen molar-refractivity contribution < 1.29 is 8.78 Å². The van der Waals surface area contributed by atoms with Gasteiger partial charge in [-0.05, 0) is 43.8 Å². The van der Waals surface area contributed by atoms with Crippen LogP contribution in [0.2, 0.25) is 0 Å². The van der Waals surface area contributed by atoms with E-state index in [-0.39, 0.29) is 29.6 Å². The van der Waals surface area contributed by atoms with Crippen molar-refractivity contribution in [2.75, 3.05) is 42.9 Å². The van der Waals surface area contributed by atoms with E-state index in [9.17, 15) is 8.78 Å². The summed E-state index contributed by atoms with van der Waals surface area (Å²) in [6.45, 7) is 9.03. The Morgan fingerprint density at radius 2 is 1.71 bits per heavy atom. The van der Waals surface area contributed by atoms with Gasteiger partial charge in [-0.25, -0.2) is 23.7 Å². The van der Waals surface area contributed by atoms with Gasteiger partial charge in [0, 0.05) is 42.8 Å². The largest absolute Gasteiger partial charge is 0.368 e. The van der Waals surface area contributed by atoms with Crippen LogP contribution in [-0.2, 0) is 0 Å². The number of nitrogens with zero attached hydrogens (tertiary/aromatic N) is 6. The summed E-state index contributed by atoms with van der Waals surface area (Å²) in [5.41, 5.74) is 2.33. The molecule has 5 rings (SSSR count). The van der Waals surface area contributed by atoms with Crippen LogP contribution >= 0.6 is 12.4 Å². The van der Waals surface area contributed by atoms with Gasteiger partial charge in [0.2, 0.25) is 5.95 Å². The number of hydrogen-bond acceptors (Lipinski definition) is 7. The number of piperazine rings is 1. The van der Waals surface area contributed by atoms with E-state index in [2.05, 4.69) is 42.0 Å². The molecule has 0 aliphatic carbocycles. The number of halogens is 3. The smallest absolute Gasteiger partial charge is 0.229 e. The molecule has 0 atom stereocenters. The summed E-state index contributed by atoms with van der Waals surface area (Å²) < 4.78 is 29.3. The van der Waals surface area contributed by atoms with Crippen molar-refractivity contribution in [3.8, 4) is 11.3 Å². The number of pyridine rings is 2. The Balaban J connectivity index is 0.00000289. The first kappa shape index (κ1) is 24.7. The first-order valence-corrected chi connectivity index (χ1v) is 11.3. The Hall–Kier alpha value is -3.43. The molecule has 0 unspecified atom stereocenters. The van der Waals surface area contributed by atoms with Crippen molar-refractivity contribution in [2.24, 2.45) is 0 Å². The molecule has 35 heavy (non-hydrogen) atoms. The molecule has 4 heterocycles. The van der Waals surface area contributed by atoms with Gasteiger partial charge in [-0.15, -0.1) is 12.4 Å². The van der Waals surface area contributed by atoms with Crippen LogP contribution in [0.5, 0.6) is 0 Å². The molecule has 1 aromatic carbocycles. The van der Waals surface area contributed by atoms with E-state index < -0.39 is 11.6 Å². The molecule has 10 heteroatoms. The minimum absolute atomic E-state index is 0. The third-order valence-corrected chi connectivity index (χ3v) is 6.08. The van der Waals surface area contributed by atoms with Crippen molar-refractivity contribution >= 4 is 40.8 Å². The number of rotatable bonds is 5. The predicted molar refractivity (Wildman–Crippen MR) is 137 cm³/mol. The summed E-state index contributed by atoms with van der Waals surface area (Å²) in [6.07, 6.45) is 2.88. The summed E-state index contributed by atoms with van der Waals surface area (Å²) in [6, 6.07) is 10.3. The van der Waals surface area contributed by atoms with Crippen molar-refractivity contribution in [3.63, 3.8) is 0 Å². The summed E-state index contributed by atoms with van der Waals surface area (Å²) in [7, 11) is 0. The Labute approximate surface area is 208 Å². The second-order valence-corrected chi connectivity index (χ2v) is 8.32. The van der Waals surface area contributed by atoms with Crippen LogP contribution in [0.3, 0.4) is 0 Å². The van der Waals surface area contributed by atoms with Crippen LogP contribution in [0, 0.1) is 18.6 Å². The minimum Gasteiger partial charge on any atom is -0.368 e. The number of nitrogens with one attached hydrogen (secondary N) is 1. The first-order valence-electron chi connectivity index (χ1n) is 11.3. The standard InChI is InChI=1S/C25H25F2N7.ClH/c1-3-33-8-10-34(11-9-33)19-6-7-22(28-14-19)31-25-29-15-21(27)24(32-25)18-12-17-5-4-16(2)30-23(17)20(26)13-18;/h4-7,12-15H,3,8-11H2,1-2H3,(H,28,29,31,32);1H. The summed E-state index contributed by atoms with van der Waals surface area (Å²) in [4.78, 5) is 21.7. The van der Waals surface area contributed by atoms with Crippen LogP contribution in [0.1, 0.15) is 12.6 Å². The van der Waals surface area contributed by atoms with Crippen LogP contribution in [-0.4, -0.2) is 57.6 Å². The molecule has 1 N–H and O–H groups in total. The number of aryl methyl sites for hydroxylation is 1. The highest BCUT2D eigenvalue weighted by Gasteiger charge is 2.17. The normalized spacial score (nSPS) is 14.1. The Bertz CT molecular complexity index is 1330. The molecular weight excluding hydrogens is 472 g/mol. The molecule has 3 aromatic heterocycles. The van der Waals surface area contributed by atoms with Crippen LogP contribution in [0.15, 0.2) is 48.8 Å². The van der Waals surface area contributed by atoms with Crippen molar-refractivity contribution in [3.05, 3.63) is 66.1 Å². The number of fused-ring (bicyclic) bond motifs is 1. The van der Waals surface area contributed by atoms with Gasteiger partial charge in [-0.3, -0.25) is 4.98 Å². The van der Waals surface area contributed by atoms with E-state index in [1.54, 1.807) is 25.1 Å². The highest BCUT2D eigenvalue weighted by atomic mass is 35.5. The van der Waals surface area contributed by atoms with Crippen LogP contribution in [0.4, 0.5) is 26.2 Å². The molecule has 0 saturated carbocycles. The maximum Gasteiger partial charge on any atom is 0.229 e. The Kier molecular flexibility index (Phi) is 7.37. The second-order valence-electron chi connectivity index (χ2n) is 8.32. The van der Waals surface area contributed by atoms with Crippen molar-refractivity contribution in [1.82, 2.24) is 24.8 Å². The van der Waals surface area contributed by atoms with Gasteiger partial charge >= 0.3 is 0 Å². The molecule has 1 aliphatic rings.